The standard InChI is InChI=1S/C17H19F3O4/c1-5-16(17(18,19)20)12(14(21)22)8-10-6-7-11(9-13(10)24-16)23-15(2,3)4/h6-9H,5H2,1-4H3,(H,21,22). The summed E-state index contributed by atoms with van der Waals surface area (Å²) in [5, 5.41) is 9.23. The van der Waals surface area contributed by atoms with Crippen LogP contribution in [0.15, 0.2) is 23.8 Å². The van der Waals surface area contributed by atoms with Crippen LogP contribution >= 0.6 is 0 Å². The largest absolute Gasteiger partial charge is 0.488 e. The third kappa shape index (κ3) is 3.20. The summed E-state index contributed by atoms with van der Waals surface area (Å²) in [7, 11) is 0. The van der Waals surface area contributed by atoms with Gasteiger partial charge in [-0.3, -0.25) is 0 Å². The molecule has 0 saturated heterocycles. The zero-order valence-corrected chi connectivity index (χ0v) is 13.8. The van der Waals surface area contributed by atoms with Gasteiger partial charge in [0.15, 0.2) is 0 Å². The molecule has 1 aromatic rings. The van der Waals surface area contributed by atoms with E-state index in [1.165, 1.54) is 19.1 Å². The number of fused-ring (bicyclic) bond motifs is 1. The molecule has 0 aromatic heterocycles. The summed E-state index contributed by atoms with van der Waals surface area (Å²) in [6.07, 6.45) is -4.41. The van der Waals surface area contributed by atoms with Gasteiger partial charge in [0.1, 0.15) is 17.1 Å². The van der Waals surface area contributed by atoms with Crippen LogP contribution in [-0.2, 0) is 4.79 Å². The molecule has 0 fully saturated rings. The molecular weight excluding hydrogens is 325 g/mol. The predicted octanol–water partition coefficient (Wildman–Crippen LogP) is 4.44. The Hall–Kier alpha value is -2.18. The Kier molecular flexibility index (Phi) is 4.33. The lowest BCUT2D eigenvalue weighted by Gasteiger charge is -2.38. The molecule has 4 nitrogen and oxygen atoms in total. The van der Waals surface area contributed by atoms with Crippen LogP contribution in [0.1, 0.15) is 39.7 Å². The molecule has 0 radical (unpaired) electrons. The fraction of sp³-hybridized carbons (Fsp3) is 0.471. The molecule has 1 N–H and O–H groups in total. The molecule has 1 aromatic carbocycles. The van der Waals surface area contributed by atoms with Crippen molar-refractivity contribution in [1.29, 1.82) is 0 Å². The van der Waals surface area contributed by atoms with E-state index in [4.69, 9.17) is 9.47 Å². The summed E-state index contributed by atoms with van der Waals surface area (Å²) in [6, 6.07) is 4.40. The summed E-state index contributed by atoms with van der Waals surface area (Å²) >= 11 is 0. The van der Waals surface area contributed by atoms with Crippen LogP contribution in [0.25, 0.3) is 6.08 Å². The second kappa shape index (κ2) is 5.72. The number of alkyl halides is 3. The van der Waals surface area contributed by atoms with Crippen LogP contribution in [0.3, 0.4) is 0 Å². The summed E-state index contributed by atoms with van der Waals surface area (Å²) in [5.74, 6) is -1.36. The smallest absolute Gasteiger partial charge is 0.432 e. The van der Waals surface area contributed by atoms with E-state index in [0.29, 0.717) is 5.75 Å². The Balaban J connectivity index is 2.58. The third-order valence-electron chi connectivity index (χ3n) is 3.61. The van der Waals surface area contributed by atoms with Crippen molar-refractivity contribution in [2.45, 2.75) is 51.5 Å². The first-order valence-electron chi connectivity index (χ1n) is 7.44. The van der Waals surface area contributed by atoms with Gasteiger partial charge in [-0.05, 0) is 45.4 Å². The third-order valence-corrected chi connectivity index (χ3v) is 3.61. The highest BCUT2D eigenvalue weighted by molar-refractivity contribution is 5.96. The minimum absolute atomic E-state index is 0.0547. The minimum Gasteiger partial charge on any atom is -0.488 e. The topological polar surface area (TPSA) is 55.8 Å². The van der Waals surface area contributed by atoms with Crippen molar-refractivity contribution >= 4 is 12.0 Å². The van der Waals surface area contributed by atoms with Crippen molar-refractivity contribution in [3.05, 3.63) is 29.3 Å². The fourth-order valence-corrected chi connectivity index (χ4v) is 2.56. The van der Waals surface area contributed by atoms with E-state index in [1.54, 1.807) is 6.07 Å². The molecule has 0 aliphatic carbocycles. The number of ether oxygens (including phenoxy) is 2. The molecule has 1 unspecified atom stereocenters. The van der Waals surface area contributed by atoms with Crippen LogP contribution < -0.4 is 9.47 Å². The molecule has 0 bridgehead atoms. The van der Waals surface area contributed by atoms with Crippen LogP contribution in [0.5, 0.6) is 11.5 Å². The normalized spacial score (nSPS) is 20.7. The SMILES string of the molecule is CCC1(C(F)(F)F)Oc2cc(OC(C)(C)C)ccc2C=C1C(=O)O. The molecule has 132 valence electrons. The number of carboxylic acid groups (broad SMARTS) is 1. The molecule has 1 aliphatic rings. The van der Waals surface area contributed by atoms with Crippen molar-refractivity contribution in [2.75, 3.05) is 0 Å². The summed E-state index contributed by atoms with van der Waals surface area (Å²) in [6.45, 7) is 6.66. The lowest BCUT2D eigenvalue weighted by molar-refractivity contribution is -0.236. The van der Waals surface area contributed by atoms with Crippen LogP contribution in [-0.4, -0.2) is 28.5 Å². The Morgan fingerprint density at radius 1 is 1.29 bits per heavy atom. The van der Waals surface area contributed by atoms with Gasteiger partial charge >= 0.3 is 12.1 Å². The molecule has 1 aliphatic heterocycles. The molecule has 1 heterocycles. The Labute approximate surface area is 137 Å². The first-order chi connectivity index (χ1) is 10.9. The van der Waals surface area contributed by atoms with Gasteiger partial charge in [-0.1, -0.05) is 6.92 Å². The quantitative estimate of drug-likeness (QED) is 0.881. The highest BCUT2D eigenvalue weighted by atomic mass is 19.4. The zero-order chi connectivity index (χ0) is 18.3. The second-order valence-corrected chi connectivity index (χ2v) is 6.56. The molecule has 0 saturated carbocycles. The van der Waals surface area contributed by atoms with Crippen molar-refractivity contribution < 1.29 is 32.5 Å². The number of carbonyl (C=O) groups is 1. The van der Waals surface area contributed by atoms with Crippen LogP contribution in [0.2, 0.25) is 0 Å². The monoisotopic (exact) mass is 344 g/mol. The number of hydrogen-bond donors (Lipinski definition) is 1. The van der Waals surface area contributed by atoms with E-state index >= 15 is 0 Å². The Morgan fingerprint density at radius 2 is 1.92 bits per heavy atom. The highest BCUT2D eigenvalue weighted by Crippen LogP contribution is 2.48. The average molecular weight is 344 g/mol. The van der Waals surface area contributed by atoms with Gasteiger partial charge in [-0.25, -0.2) is 4.79 Å². The maximum Gasteiger partial charge on any atom is 0.432 e. The van der Waals surface area contributed by atoms with E-state index in [1.807, 2.05) is 20.8 Å². The number of aliphatic carboxylic acids is 1. The molecule has 7 heteroatoms. The molecular formula is C17H19F3O4. The maximum absolute atomic E-state index is 13.6. The van der Waals surface area contributed by atoms with E-state index in [-0.39, 0.29) is 11.3 Å². The van der Waals surface area contributed by atoms with Gasteiger partial charge in [0.05, 0.1) is 5.57 Å². The van der Waals surface area contributed by atoms with Crippen molar-refractivity contribution in [3.8, 4) is 11.5 Å². The minimum atomic E-state index is -4.87. The van der Waals surface area contributed by atoms with E-state index in [2.05, 4.69) is 0 Å². The van der Waals surface area contributed by atoms with Gasteiger partial charge in [-0.2, -0.15) is 13.2 Å². The average Bonchev–Trinajstić information content (AvgIpc) is 2.42. The second-order valence-electron chi connectivity index (χ2n) is 6.56. The first kappa shape index (κ1) is 18.2. The lowest BCUT2D eigenvalue weighted by Crippen LogP contribution is -2.54. The van der Waals surface area contributed by atoms with Gasteiger partial charge < -0.3 is 14.6 Å². The van der Waals surface area contributed by atoms with Crippen LogP contribution in [0.4, 0.5) is 13.2 Å². The summed E-state index contributed by atoms with van der Waals surface area (Å²) < 4.78 is 51.7. The van der Waals surface area contributed by atoms with Crippen molar-refractivity contribution in [3.63, 3.8) is 0 Å². The van der Waals surface area contributed by atoms with E-state index in [0.717, 1.165) is 6.08 Å². The molecule has 2 rings (SSSR count). The Morgan fingerprint density at radius 3 is 2.38 bits per heavy atom. The Bertz CT molecular complexity index is 686. The number of carboxylic acids is 1. The van der Waals surface area contributed by atoms with E-state index < -0.39 is 35.3 Å². The molecule has 0 spiro atoms. The van der Waals surface area contributed by atoms with E-state index in [9.17, 15) is 23.1 Å². The molecule has 24 heavy (non-hydrogen) atoms. The van der Waals surface area contributed by atoms with Gasteiger partial charge in [0, 0.05) is 11.6 Å². The van der Waals surface area contributed by atoms with Gasteiger partial charge in [0.25, 0.3) is 0 Å². The first-order valence-corrected chi connectivity index (χ1v) is 7.44. The lowest BCUT2D eigenvalue weighted by atomic mass is 9.85. The molecule has 0 amide bonds. The fourth-order valence-electron chi connectivity index (χ4n) is 2.56. The zero-order valence-electron chi connectivity index (χ0n) is 13.8. The van der Waals surface area contributed by atoms with Gasteiger partial charge in [-0.15, -0.1) is 0 Å². The number of benzene rings is 1. The number of hydrogen-bond acceptors (Lipinski definition) is 3. The van der Waals surface area contributed by atoms with Crippen molar-refractivity contribution in [1.82, 2.24) is 0 Å². The molecule has 1 atom stereocenters. The predicted molar refractivity (Wildman–Crippen MR) is 82.1 cm³/mol. The van der Waals surface area contributed by atoms with Gasteiger partial charge in [0.2, 0.25) is 5.60 Å². The summed E-state index contributed by atoms with van der Waals surface area (Å²) in [4.78, 5) is 11.4. The maximum atomic E-state index is 13.6. The summed E-state index contributed by atoms with van der Waals surface area (Å²) in [5.41, 5.74) is -3.97. The number of halogens is 3. The van der Waals surface area contributed by atoms with Crippen molar-refractivity contribution in [2.24, 2.45) is 0 Å². The highest BCUT2D eigenvalue weighted by Gasteiger charge is 2.61. The van der Waals surface area contributed by atoms with Crippen LogP contribution in [0, 0.1) is 0 Å². The number of rotatable bonds is 3.